The van der Waals surface area contributed by atoms with Crippen molar-refractivity contribution < 1.29 is 0 Å². The number of likely N-dealkylation sites (tertiary alicyclic amines) is 1. The average Bonchev–Trinajstić information content (AvgIpc) is 3.01. The molecule has 2 aliphatic rings. The zero-order valence-corrected chi connectivity index (χ0v) is 12.5. The number of hydrogen-bond acceptors (Lipinski definition) is 2. The second kappa shape index (κ2) is 5.16. The predicted octanol–water partition coefficient (Wildman–Crippen LogP) is 3.37. The van der Waals surface area contributed by atoms with Gasteiger partial charge in [-0.1, -0.05) is 6.07 Å². The van der Waals surface area contributed by atoms with Gasteiger partial charge < -0.3 is 4.90 Å². The SMILES string of the molecule is Cc1ccc(N2CCC(N3CCCC3C)C2)cc1C. The molecule has 2 aliphatic heterocycles. The van der Waals surface area contributed by atoms with Gasteiger partial charge in [0.15, 0.2) is 0 Å². The van der Waals surface area contributed by atoms with Crippen LogP contribution in [0.15, 0.2) is 18.2 Å². The first-order valence-electron chi connectivity index (χ1n) is 7.73. The van der Waals surface area contributed by atoms with E-state index in [0.29, 0.717) is 0 Å². The van der Waals surface area contributed by atoms with E-state index in [-0.39, 0.29) is 0 Å². The van der Waals surface area contributed by atoms with E-state index in [1.165, 1.54) is 55.7 Å². The first-order chi connectivity index (χ1) is 9.15. The minimum Gasteiger partial charge on any atom is -0.370 e. The maximum atomic E-state index is 2.74. The van der Waals surface area contributed by atoms with Crippen molar-refractivity contribution in [1.29, 1.82) is 0 Å². The predicted molar refractivity (Wildman–Crippen MR) is 81.9 cm³/mol. The molecule has 0 aliphatic carbocycles. The van der Waals surface area contributed by atoms with Gasteiger partial charge >= 0.3 is 0 Å². The Labute approximate surface area is 117 Å². The zero-order valence-electron chi connectivity index (χ0n) is 12.5. The summed E-state index contributed by atoms with van der Waals surface area (Å²) in [6, 6.07) is 8.48. The van der Waals surface area contributed by atoms with Gasteiger partial charge in [0.25, 0.3) is 0 Å². The summed E-state index contributed by atoms with van der Waals surface area (Å²) in [6.45, 7) is 10.5. The van der Waals surface area contributed by atoms with Crippen LogP contribution in [0.25, 0.3) is 0 Å². The van der Waals surface area contributed by atoms with Crippen molar-refractivity contribution in [3.8, 4) is 0 Å². The molecule has 3 rings (SSSR count). The fraction of sp³-hybridized carbons (Fsp3) is 0.647. The quantitative estimate of drug-likeness (QED) is 0.802. The van der Waals surface area contributed by atoms with E-state index >= 15 is 0 Å². The van der Waals surface area contributed by atoms with Crippen LogP contribution in [0.2, 0.25) is 0 Å². The first kappa shape index (κ1) is 13.0. The number of benzene rings is 1. The van der Waals surface area contributed by atoms with Gasteiger partial charge in [0.1, 0.15) is 0 Å². The van der Waals surface area contributed by atoms with Crippen LogP contribution in [0.4, 0.5) is 5.69 Å². The van der Waals surface area contributed by atoms with E-state index in [1.807, 2.05) is 0 Å². The summed E-state index contributed by atoms with van der Waals surface area (Å²) >= 11 is 0. The summed E-state index contributed by atoms with van der Waals surface area (Å²) in [7, 11) is 0. The maximum absolute atomic E-state index is 2.74. The molecule has 2 heteroatoms. The smallest absolute Gasteiger partial charge is 0.0369 e. The number of rotatable bonds is 2. The Morgan fingerprint density at radius 2 is 1.89 bits per heavy atom. The van der Waals surface area contributed by atoms with Gasteiger partial charge in [-0.15, -0.1) is 0 Å². The molecule has 0 N–H and O–H groups in total. The van der Waals surface area contributed by atoms with Gasteiger partial charge in [-0.25, -0.2) is 0 Å². The molecule has 19 heavy (non-hydrogen) atoms. The van der Waals surface area contributed by atoms with Crippen LogP contribution < -0.4 is 4.90 Å². The molecule has 0 amide bonds. The average molecular weight is 258 g/mol. The summed E-state index contributed by atoms with van der Waals surface area (Å²) in [5.74, 6) is 0. The summed E-state index contributed by atoms with van der Waals surface area (Å²) in [4.78, 5) is 5.31. The molecule has 2 heterocycles. The topological polar surface area (TPSA) is 6.48 Å². The molecule has 2 saturated heterocycles. The Morgan fingerprint density at radius 3 is 2.58 bits per heavy atom. The van der Waals surface area contributed by atoms with Crippen molar-refractivity contribution in [2.45, 2.75) is 52.1 Å². The van der Waals surface area contributed by atoms with E-state index in [4.69, 9.17) is 0 Å². The molecule has 0 spiro atoms. The van der Waals surface area contributed by atoms with E-state index in [9.17, 15) is 0 Å². The van der Waals surface area contributed by atoms with Gasteiger partial charge in [-0.2, -0.15) is 0 Å². The lowest BCUT2D eigenvalue weighted by Crippen LogP contribution is -2.39. The van der Waals surface area contributed by atoms with Gasteiger partial charge in [0, 0.05) is 30.9 Å². The van der Waals surface area contributed by atoms with Crippen LogP contribution in [0.5, 0.6) is 0 Å². The molecule has 0 aromatic heterocycles. The molecule has 104 valence electrons. The summed E-state index contributed by atoms with van der Waals surface area (Å²) in [5.41, 5.74) is 4.22. The number of anilines is 1. The Morgan fingerprint density at radius 1 is 1.05 bits per heavy atom. The molecule has 2 atom stereocenters. The van der Waals surface area contributed by atoms with Crippen LogP contribution in [-0.4, -0.2) is 36.6 Å². The molecular weight excluding hydrogens is 232 g/mol. The second-order valence-electron chi connectivity index (χ2n) is 6.39. The maximum Gasteiger partial charge on any atom is 0.0369 e. The number of nitrogens with zero attached hydrogens (tertiary/aromatic N) is 2. The fourth-order valence-corrected chi connectivity index (χ4v) is 3.67. The van der Waals surface area contributed by atoms with Crippen LogP contribution in [0.3, 0.4) is 0 Å². The summed E-state index contributed by atoms with van der Waals surface area (Å²) < 4.78 is 0. The fourth-order valence-electron chi connectivity index (χ4n) is 3.67. The van der Waals surface area contributed by atoms with Gasteiger partial charge in [0.2, 0.25) is 0 Å². The Hall–Kier alpha value is -1.02. The normalized spacial score (nSPS) is 28.3. The molecule has 1 aromatic rings. The molecule has 0 bridgehead atoms. The summed E-state index contributed by atoms with van der Waals surface area (Å²) in [6.07, 6.45) is 4.11. The van der Waals surface area contributed by atoms with E-state index in [2.05, 4.69) is 48.8 Å². The lowest BCUT2D eigenvalue weighted by Gasteiger charge is -2.28. The van der Waals surface area contributed by atoms with Crippen molar-refractivity contribution in [2.75, 3.05) is 24.5 Å². The highest BCUT2D eigenvalue weighted by atomic mass is 15.3. The molecule has 2 unspecified atom stereocenters. The van der Waals surface area contributed by atoms with Crippen LogP contribution in [0.1, 0.15) is 37.3 Å². The zero-order chi connectivity index (χ0) is 13.4. The summed E-state index contributed by atoms with van der Waals surface area (Å²) in [5, 5.41) is 0. The second-order valence-corrected chi connectivity index (χ2v) is 6.39. The van der Waals surface area contributed by atoms with Crippen molar-refractivity contribution in [3.05, 3.63) is 29.3 Å². The third-order valence-electron chi connectivity index (χ3n) is 5.09. The third-order valence-corrected chi connectivity index (χ3v) is 5.09. The Balaban J connectivity index is 1.69. The molecular formula is C17H26N2. The monoisotopic (exact) mass is 258 g/mol. The number of aryl methyl sites for hydroxylation is 2. The number of hydrogen-bond donors (Lipinski definition) is 0. The Bertz CT molecular complexity index is 455. The molecule has 0 radical (unpaired) electrons. The molecule has 2 fully saturated rings. The van der Waals surface area contributed by atoms with Crippen molar-refractivity contribution in [1.82, 2.24) is 4.90 Å². The van der Waals surface area contributed by atoms with E-state index < -0.39 is 0 Å². The highest BCUT2D eigenvalue weighted by Gasteiger charge is 2.32. The van der Waals surface area contributed by atoms with Crippen molar-refractivity contribution >= 4 is 5.69 Å². The Kier molecular flexibility index (Phi) is 3.53. The minimum absolute atomic E-state index is 0.777. The molecule has 0 saturated carbocycles. The lowest BCUT2D eigenvalue weighted by atomic mass is 10.1. The lowest BCUT2D eigenvalue weighted by molar-refractivity contribution is 0.204. The molecule has 1 aromatic carbocycles. The van der Waals surface area contributed by atoms with Crippen molar-refractivity contribution in [2.24, 2.45) is 0 Å². The highest BCUT2D eigenvalue weighted by Crippen LogP contribution is 2.28. The van der Waals surface area contributed by atoms with E-state index in [1.54, 1.807) is 0 Å². The highest BCUT2D eigenvalue weighted by molar-refractivity contribution is 5.51. The first-order valence-corrected chi connectivity index (χ1v) is 7.73. The molecule has 2 nitrogen and oxygen atoms in total. The minimum atomic E-state index is 0.777. The van der Waals surface area contributed by atoms with Gasteiger partial charge in [-0.3, -0.25) is 4.90 Å². The largest absolute Gasteiger partial charge is 0.370 e. The van der Waals surface area contributed by atoms with E-state index in [0.717, 1.165) is 12.1 Å². The van der Waals surface area contributed by atoms with Crippen molar-refractivity contribution in [3.63, 3.8) is 0 Å². The van der Waals surface area contributed by atoms with Gasteiger partial charge in [0.05, 0.1) is 0 Å². The van der Waals surface area contributed by atoms with Gasteiger partial charge in [-0.05, 0) is 69.8 Å². The standard InChI is InChI=1S/C17H26N2/c1-13-6-7-16(11-14(13)2)18-10-8-17(12-18)19-9-4-5-15(19)3/h6-7,11,15,17H,4-5,8-10,12H2,1-3H3. The van der Waals surface area contributed by atoms with Crippen LogP contribution in [-0.2, 0) is 0 Å². The van der Waals surface area contributed by atoms with Crippen LogP contribution in [0, 0.1) is 13.8 Å². The third kappa shape index (κ3) is 2.51. The van der Waals surface area contributed by atoms with Crippen LogP contribution >= 0.6 is 0 Å².